The molecule has 0 amide bonds. The van der Waals surface area contributed by atoms with Gasteiger partial charge in [0.25, 0.3) is 0 Å². The normalized spacial score (nSPS) is 25.9. The molecule has 0 saturated heterocycles. The third-order valence-electron chi connectivity index (χ3n) is 4.98. The highest BCUT2D eigenvalue weighted by Crippen LogP contribution is 2.52. The highest BCUT2D eigenvalue weighted by atomic mass is 16.3. The molecule has 3 N–H and O–H groups in total. The SMILES string of the molecule is CC(O)[C@@H]1C=C[C@H](C)c2c(O)c3c(c(O)c21)C(=O)C=CC3(C)C. The molecule has 0 spiro atoms. The van der Waals surface area contributed by atoms with Gasteiger partial charge in [-0.15, -0.1) is 0 Å². The summed E-state index contributed by atoms with van der Waals surface area (Å²) in [6.45, 7) is 7.36. The Morgan fingerprint density at radius 2 is 1.78 bits per heavy atom. The zero-order valence-corrected chi connectivity index (χ0v) is 13.8. The summed E-state index contributed by atoms with van der Waals surface area (Å²) < 4.78 is 0. The summed E-state index contributed by atoms with van der Waals surface area (Å²) in [6.07, 6.45) is 6.20. The maximum Gasteiger partial charge on any atom is 0.189 e. The molecular weight excluding hydrogens is 292 g/mol. The summed E-state index contributed by atoms with van der Waals surface area (Å²) in [5, 5.41) is 31.8. The molecule has 0 aromatic heterocycles. The van der Waals surface area contributed by atoms with Gasteiger partial charge in [0.15, 0.2) is 5.78 Å². The molecule has 0 radical (unpaired) electrons. The zero-order valence-electron chi connectivity index (χ0n) is 13.8. The quantitative estimate of drug-likeness (QED) is 0.549. The number of fused-ring (bicyclic) bond motifs is 2. The topological polar surface area (TPSA) is 77.8 Å². The molecule has 0 aliphatic heterocycles. The first-order chi connectivity index (χ1) is 10.7. The maximum absolute atomic E-state index is 12.4. The average Bonchev–Trinajstić information content (AvgIpc) is 2.46. The number of benzene rings is 1. The van der Waals surface area contributed by atoms with E-state index in [-0.39, 0.29) is 28.8 Å². The lowest BCUT2D eigenvalue weighted by Gasteiger charge is -2.35. The van der Waals surface area contributed by atoms with Crippen LogP contribution in [-0.4, -0.2) is 27.2 Å². The van der Waals surface area contributed by atoms with Gasteiger partial charge in [-0.3, -0.25) is 4.79 Å². The van der Waals surface area contributed by atoms with E-state index in [4.69, 9.17) is 0 Å². The summed E-state index contributed by atoms with van der Waals surface area (Å²) in [5.41, 5.74) is 1.13. The Labute approximate surface area is 135 Å². The minimum absolute atomic E-state index is 0.0537. The number of ketones is 1. The molecule has 23 heavy (non-hydrogen) atoms. The summed E-state index contributed by atoms with van der Waals surface area (Å²) >= 11 is 0. The van der Waals surface area contributed by atoms with Crippen molar-refractivity contribution in [2.24, 2.45) is 0 Å². The molecule has 1 aromatic carbocycles. The number of carbonyl (C=O) groups is 1. The Hall–Kier alpha value is -2.07. The van der Waals surface area contributed by atoms with Crippen LogP contribution in [0.2, 0.25) is 0 Å². The molecule has 1 unspecified atom stereocenters. The van der Waals surface area contributed by atoms with Crippen molar-refractivity contribution in [2.75, 3.05) is 0 Å². The molecule has 4 nitrogen and oxygen atoms in total. The standard InChI is InChI=1S/C19H22O4/c1-9-5-6-11(10(2)20)14-13(9)18(23)16-15(17(14)22)12(21)7-8-19(16,3)4/h5-11,20,22-23H,1-4H3/t9-,10?,11-/m0/s1. The van der Waals surface area contributed by atoms with E-state index in [9.17, 15) is 20.1 Å². The molecular formula is C19H22O4. The van der Waals surface area contributed by atoms with Crippen LogP contribution < -0.4 is 0 Å². The van der Waals surface area contributed by atoms with E-state index in [2.05, 4.69) is 0 Å². The second kappa shape index (κ2) is 4.96. The van der Waals surface area contributed by atoms with E-state index in [1.807, 2.05) is 32.9 Å². The fourth-order valence-corrected chi connectivity index (χ4v) is 3.76. The Kier molecular flexibility index (Phi) is 3.41. The van der Waals surface area contributed by atoms with Gasteiger partial charge in [0, 0.05) is 33.9 Å². The van der Waals surface area contributed by atoms with Crippen LogP contribution in [0.4, 0.5) is 0 Å². The third-order valence-corrected chi connectivity index (χ3v) is 4.98. The van der Waals surface area contributed by atoms with E-state index >= 15 is 0 Å². The summed E-state index contributed by atoms with van der Waals surface area (Å²) in [4.78, 5) is 12.4. The van der Waals surface area contributed by atoms with Crippen molar-refractivity contribution in [1.82, 2.24) is 0 Å². The lowest BCUT2D eigenvalue weighted by molar-refractivity contribution is 0.103. The van der Waals surface area contributed by atoms with E-state index in [1.54, 1.807) is 13.0 Å². The largest absolute Gasteiger partial charge is 0.507 e. The summed E-state index contributed by atoms with van der Waals surface area (Å²) in [6, 6.07) is 0. The van der Waals surface area contributed by atoms with Gasteiger partial charge in [-0.05, 0) is 13.0 Å². The van der Waals surface area contributed by atoms with E-state index in [1.165, 1.54) is 6.08 Å². The summed E-state index contributed by atoms with van der Waals surface area (Å²) in [5.74, 6) is -0.927. The molecule has 0 heterocycles. The molecule has 122 valence electrons. The predicted molar refractivity (Wildman–Crippen MR) is 88.2 cm³/mol. The highest BCUT2D eigenvalue weighted by Gasteiger charge is 2.40. The number of phenols is 2. The fourth-order valence-electron chi connectivity index (χ4n) is 3.76. The van der Waals surface area contributed by atoms with E-state index in [0.29, 0.717) is 16.7 Å². The van der Waals surface area contributed by atoms with Crippen LogP contribution in [-0.2, 0) is 5.41 Å². The van der Waals surface area contributed by atoms with Crippen LogP contribution in [0.1, 0.15) is 66.6 Å². The second-order valence-corrected chi connectivity index (χ2v) is 7.13. The number of hydrogen-bond acceptors (Lipinski definition) is 4. The van der Waals surface area contributed by atoms with Crippen molar-refractivity contribution < 1.29 is 20.1 Å². The van der Waals surface area contributed by atoms with Gasteiger partial charge in [-0.25, -0.2) is 0 Å². The lowest BCUT2D eigenvalue weighted by atomic mass is 9.70. The fraction of sp³-hybridized carbons (Fsp3) is 0.421. The second-order valence-electron chi connectivity index (χ2n) is 7.13. The monoisotopic (exact) mass is 314 g/mol. The molecule has 2 aliphatic carbocycles. The van der Waals surface area contributed by atoms with Crippen LogP contribution in [0.3, 0.4) is 0 Å². The van der Waals surface area contributed by atoms with Gasteiger partial charge >= 0.3 is 0 Å². The smallest absolute Gasteiger partial charge is 0.189 e. The Morgan fingerprint density at radius 3 is 2.39 bits per heavy atom. The Morgan fingerprint density at radius 1 is 1.13 bits per heavy atom. The highest BCUT2D eigenvalue weighted by molar-refractivity contribution is 6.10. The first-order valence-corrected chi connectivity index (χ1v) is 7.89. The van der Waals surface area contributed by atoms with Gasteiger partial charge in [-0.1, -0.05) is 39.0 Å². The molecule has 3 rings (SSSR count). The summed E-state index contributed by atoms with van der Waals surface area (Å²) in [7, 11) is 0. The van der Waals surface area contributed by atoms with Gasteiger partial charge < -0.3 is 15.3 Å². The third kappa shape index (κ3) is 2.12. The van der Waals surface area contributed by atoms with Crippen LogP contribution in [0.15, 0.2) is 24.3 Å². The molecule has 3 atom stereocenters. The van der Waals surface area contributed by atoms with Crippen molar-refractivity contribution in [3.63, 3.8) is 0 Å². The van der Waals surface area contributed by atoms with Crippen LogP contribution in [0, 0.1) is 0 Å². The molecule has 0 fully saturated rings. The van der Waals surface area contributed by atoms with Crippen molar-refractivity contribution >= 4 is 5.78 Å². The molecule has 4 heteroatoms. The molecule has 0 saturated carbocycles. The maximum atomic E-state index is 12.4. The Bertz CT molecular complexity index is 753. The van der Waals surface area contributed by atoms with Crippen molar-refractivity contribution in [2.45, 2.75) is 51.0 Å². The number of allylic oxidation sites excluding steroid dienone is 3. The molecule has 0 bridgehead atoms. The van der Waals surface area contributed by atoms with Gasteiger partial charge in [0.05, 0.1) is 11.7 Å². The van der Waals surface area contributed by atoms with Crippen molar-refractivity contribution in [3.05, 3.63) is 46.6 Å². The van der Waals surface area contributed by atoms with E-state index < -0.39 is 17.4 Å². The van der Waals surface area contributed by atoms with Crippen LogP contribution >= 0.6 is 0 Å². The number of aliphatic hydroxyl groups excluding tert-OH is 1. The zero-order chi connectivity index (χ0) is 17.1. The minimum atomic E-state index is -0.733. The number of phenolic OH excluding ortho intramolecular Hbond substituents is 2. The number of aromatic hydroxyl groups is 2. The molecule has 2 aliphatic rings. The van der Waals surface area contributed by atoms with Crippen LogP contribution in [0.5, 0.6) is 11.5 Å². The van der Waals surface area contributed by atoms with Gasteiger partial charge in [0.1, 0.15) is 11.5 Å². The first kappa shape index (κ1) is 15.8. The van der Waals surface area contributed by atoms with Crippen molar-refractivity contribution in [1.29, 1.82) is 0 Å². The molecule has 1 aromatic rings. The number of rotatable bonds is 1. The van der Waals surface area contributed by atoms with Crippen LogP contribution in [0.25, 0.3) is 0 Å². The van der Waals surface area contributed by atoms with Gasteiger partial charge in [-0.2, -0.15) is 0 Å². The average molecular weight is 314 g/mol. The first-order valence-electron chi connectivity index (χ1n) is 7.89. The number of carbonyl (C=O) groups excluding carboxylic acids is 1. The predicted octanol–water partition coefficient (Wildman–Crippen LogP) is 3.27. The van der Waals surface area contributed by atoms with Gasteiger partial charge in [0.2, 0.25) is 0 Å². The minimum Gasteiger partial charge on any atom is -0.507 e. The van der Waals surface area contributed by atoms with Crippen molar-refractivity contribution in [3.8, 4) is 11.5 Å². The lowest BCUT2D eigenvalue weighted by Crippen LogP contribution is -2.26. The number of hydrogen-bond donors (Lipinski definition) is 3. The van der Waals surface area contributed by atoms with E-state index in [0.717, 1.165) is 0 Å². The Balaban J connectivity index is 2.43. The number of aliphatic hydroxyl groups is 1.